The van der Waals surface area contributed by atoms with Gasteiger partial charge in [-0.1, -0.05) is 0 Å². The molecular weight excluding hydrogens is 391 g/mol. The fourth-order valence-corrected chi connectivity index (χ4v) is 3.05. The summed E-state index contributed by atoms with van der Waals surface area (Å²) in [6, 6.07) is 6.62. The third-order valence-corrected chi connectivity index (χ3v) is 4.39. The van der Waals surface area contributed by atoms with Crippen LogP contribution in [0.5, 0.6) is 0 Å². The summed E-state index contributed by atoms with van der Waals surface area (Å²) in [5, 5.41) is 19.1. The zero-order valence-electron chi connectivity index (χ0n) is 15.6. The number of H-pyrrole nitrogens is 1. The summed E-state index contributed by atoms with van der Waals surface area (Å²) >= 11 is 0. The van der Waals surface area contributed by atoms with Crippen LogP contribution in [0, 0.1) is 17.1 Å². The number of benzene rings is 1. The number of nitriles is 1. The number of hydrogen-bond donors (Lipinski definition) is 4. The fraction of sp³-hybridized carbons (Fsp3) is 0.111. The van der Waals surface area contributed by atoms with Crippen molar-refractivity contribution in [2.24, 2.45) is 0 Å². The van der Waals surface area contributed by atoms with Crippen LogP contribution in [0.1, 0.15) is 24.4 Å². The Balaban J connectivity index is 1.91. The zero-order chi connectivity index (χ0) is 21.4. The van der Waals surface area contributed by atoms with Crippen molar-refractivity contribution in [2.75, 3.05) is 16.8 Å². The van der Waals surface area contributed by atoms with Crippen LogP contribution in [-0.4, -0.2) is 29.7 Å². The molecule has 4 rings (SSSR count). The Kier molecular flexibility index (Phi) is 4.47. The minimum atomic E-state index is -0.642. The molecule has 0 bridgehead atoms. The van der Waals surface area contributed by atoms with Gasteiger partial charge in [-0.15, -0.1) is 0 Å². The van der Waals surface area contributed by atoms with Crippen LogP contribution >= 0.6 is 0 Å². The van der Waals surface area contributed by atoms with E-state index in [1.165, 1.54) is 22.9 Å². The van der Waals surface area contributed by atoms with Crippen molar-refractivity contribution in [3.63, 3.8) is 0 Å². The number of nitrogens with one attached hydrogen (secondary N) is 2. The summed E-state index contributed by atoms with van der Waals surface area (Å²) in [6.07, 6.45) is 1.47. The van der Waals surface area contributed by atoms with Crippen molar-refractivity contribution >= 4 is 28.5 Å². The maximum absolute atomic E-state index is 13.7. The molecular formula is C18H15FN10O. The van der Waals surface area contributed by atoms with Crippen LogP contribution in [-0.2, 0) is 0 Å². The van der Waals surface area contributed by atoms with E-state index in [1.54, 1.807) is 13.0 Å². The summed E-state index contributed by atoms with van der Waals surface area (Å²) in [6.45, 7) is 1.71. The second kappa shape index (κ2) is 7.13. The summed E-state index contributed by atoms with van der Waals surface area (Å²) in [7, 11) is 0. The largest absolute Gasteiger partial charge is 0.382 e. The molecule has 1 aromatic carbocycles. The summed E-state index contributed by atoms with van der Waals surface area (Å²) in [4.78, 5) is 25.5. The van der Waals surface area contributed by atoms with Crippen LogP contribution < -0.4 is 22.3 Å². The van der Waals surface area contributed by atoms with Gasteiger partial charge in [0.05, 0.1) is 23.1 Å². The van der Waals surface area contributed by atoms with Crippen molar-refractivity contribution in [1.29, 1.82) is 5.26 Å². The number of nitrogens with two attached hydrogens (primary N) is 2. The molecule has 12 heteroatoms. The first-order valence-corrected chi connectivity index (χ1v) is 8.70. The van der Waals surface area contributed by atoms with Crippen LogP contribution in [0.2, 0.25) is 0 Å². The van der Waals surface area contributed by atoms with E-state index in [-0.39, 0.29) is 34.4 Å². The smallest absolute Gasteiger partial charge is 0.267 e. The first-order chi connectivity index (χ1) is 14.4. The molecule has 1 atom stereocenters. The highest BCUT2D eigenvalue weighted by Gasteiger charge is 2.21. The summed E-state index contributed by atoms with van der Waals surface area (Å²) in [5.74, 6) is -0.0454. The van der Waals surface area contributed by atoms with Crippen molar-refractivity contribution in [3.8, 4) is 11.9 Å². The van der Waals surface area contributed by atoms with E-state index >= 15 is 0 Å². The summed E-state index contributed by atoms with van der Waals surface area (Å²) in [5.41, 5.74) is 11.2. The van der Waals surface area contributed by atoms with Gasteiger partial charge in [0, 0.05) is 6.07 Å². The second-order valence-electron chi connectivity index (χ2n) is 6.38. The molecule has 0 fully saturated rings. The SMILES string of the molecule is CC(Nc1nc(N)nc(N)c1C#N)c1nc2ccc(F)cc2c(=O)n1-c1ccn[nH]1. The van der Waals surface area contributed by atoms with Gasteiger partial charge in [-0.05, 0) is 25.1 Å². The third kappa shape index (κ3) is 3.14. The highest BCUT2D eigenvalue weighted by Crippen LogP contribution is 2.24. The molecule has 4 aromatic rings. The predicted molar refractivity (Wildman–Crippen MR) is 107 cm³/mol. The average molecular weight is 406 g/mol. The number of aromatic nitrogens is 6. The van der Waals surface area contributed by atoms with Gasteiger partial charge in [-0.2, -0.15) is 20.3 Å². The number of hydrogen-bond acceptors (Lipinski definition) is 9. The molecule has 0 saturated heterocycles. The first kappa shape index (κ1) is 18.8. The summed E-state index contributed by atoms with van der Waals surface area (Å²) < 4.78 is 15.0. The Morgan fingerprint density at radius 2 is 2.07 bits per heavy atom. The van der Waals surface area contributed by atoms with Crippen LogP contribution in [0.15, 0.2) is 35.3 Å². The normalized spacial score (nSPS) is 11.9. The van der Waals surface area contributed by atoms with Gasteiger partial charge in [-0.3, -0.25) is 9.89 Å². The maximum atomic E-state index is 13.7. The molecule has 0 radical (unpaired) electrons. The molecule has 150 valence electrons. The number of nitrogens with zero attached hydrogens (tertiary/aromatic N) is 6. The number of fused-ring (bicyclic) bond motifs is 1. The van der Waals surface area contributed by atoms with Crippen LogP contribution in [0.3, 0.4) is 0 Å². The van der Waals surface area contributed by atoms with Gasteiger partial charge in [-0.25, -0.2) is 13.9 Å². The van der Waals surface area contributed by atoms with Crippen molar-refractivity contribution in [3.05, 3.63) is 58.0 Å². The Morgan fingerprint density at radius 3 is 2.77 bits per heavy atom. The third-order valence-electron chi connectivity index (χ3n) is 4.39. The standard InChI is InChI=1S/C18H15FN10O/c1-8(24-15-11(7-20)14(21)26-18(22)27-15)16-25-12-3-2-9(19)6-10(12)17(30)29(16)13-4-5-23-28-13/h2-6,8H,1H3,(H,23,28)(H5,21,22,24,26,27). The van der Waals surface area contributed by atoms with Gasteiger partial charge in [0.25, 0.3) is 5.56 Å². The van der Waals surface area contributed by atoms with Gasteiger partial charge >= 0.3 is 0 Å². The second-order valence-corrected chi connectivity index (χ2v) is 6.38. The van der Waals surface area contributed by atoms with E-state index in [2.05, 4.69) is 30.5 Å². The van der Waals surface area contributed by atoms with E-state index in [0.717, 1.165) is 6.07 Å². The van der Waals surface area contributed by atoms with E-state index < -0.39 is 17.4 Å². The maximum Gasteiger partial charge on any atom is 0.267 e. The zero-order valence-corrected chi connectivity index (χ0v) is 15.6. The fourth-order valence-electron chi connectivity index (χ4n) is 3.05. The lowest BCUT2D eigenvalue weighted by molar-refractivity contribution is 0.628. The van der Waals surface area contributed by atoms with E-state index in [0.29, 0.717) is 11.3 Å². The molecule has 0 aliphatic carbocycles. The van der Waals surface area contributed by atoms with E-state index in [9.17, 15) is 14.4 Å². The van der Waals surface area contributed by atoms with Crippen molar-refractivity contribution < 1.29 is 4.39 Å². The molecule has 3 heterocycles. The molecule has 3 aromatic heterocycles. The Hall–Kier alpha value is -4.53. The molecule has 0 amide bonds. The molecule has 6 N–H and O–H groups in total. The number of aromatic amines is 1. The van der Waals surface area contributed by atoms with E-state index in [4.69, 9.17) is 11.5 Å². The molecule has 0 spiro atoms. The Morgan fingerprint density at radius 1 is 1.27 bits per heavy atom. The van der Waals surface area contributed by atoms with Crippen molar-refractivity contribution in [1.82, 2.24) is 29.7 Å². The Bertz CT molecular complexity index is 1360. The molecule has 0 aliphatic rings. The monoisotopic (exact) mass is 406 g/mol. The molecule has 1 unspecified atom stereocenters. The molecule has 30 heavy (non-hydrogen) atoms. The van der Waals surface area contributed by atoms with E-state index in [1.807, 2.05) is 6.07 Å². The number of anilines is 3. The number of rotatable bonds is 4. The van der Waals surface area contributed by atoms with Crippen LogP contribution in [0.25, 0.3) is 16.7 Å². The topological polar surface area (TPSA) is 177 Å². The average Bonchev–Trinajstić information content (AvgIpc) is 3.22. The highest BCUT2D eigenvalue weighted by molar-refractivity contribution is 5.78. The first-order valence-electron chi connectivity index (χ1n) is 8.70. The minimum Gasteiger partial charge on any atom is -0.382 e. The van der Waals surface area contributed by atoms with Gasteiger partial charge in [0.1, 0.15) is 34.9 Å². The van der Waals surface area contributed by atoms with Gasteiger partial charge in [0.15, 0.2) is 5.82 Å². The quantitative estimate of drug-likeness (QED) is 0.388. The number of nitrogen functional groups attached to an aromatic ring is 2. The molecule has 0 aliphatic heterocycles. The lowest BCUT2D eigenvalue weighted by Gasteiger charge is -2.20. The van der Waals surface area contributed by atoms with Crippen molar-refractivity contribution in [2.45, 2.75) is 13.0 Å². The molecule has 11 nitrogen and oxygen atoms in total. The van der Waals surface area contributed by atoms with Gasteiger partial charge < -0.3 is 16.8 Å². The highest BCUT2D eigenvalue weighted by atomic mass is 19.1. The minimum absolute atomic E-state index is 0.00866. The van der Waals surface area contributed by atoms with Gasteiger partial charge in [0.2, 0.25) is 5.95 Å². The lowest BCUT2D eigenvalue weighted by Crippen LogP contribution is -2.28. The lowest BCUT2D eigenvalue weighted by atomic mass is 10.2. The van der Waals surface area contributed by atoms with Crippen LogP contribution in [0.4, 0.5) is 22.0 Å². The predicted octanol–water partition coefficient (Wildman–Crippen LogP) is 1.25. The Labute approximate surface area is 168 Å². The number of halogens is 1. The molecule has 0 saturated carbocycles.